The third-order valence-electron chi connectivity index (χ3n) is 4.03. The Morgan fingerprint density at radius 3 is 2.61 bits per heavy atom. The number of nitrogens with one attached hydrogen (secondary N) is 2. The molecule has 8 nitrogen and oxygen atoms in total. The van der Waals surface area contributed by atoms with Gasteiger partial charge in [-0.15, -0.1) is 0 Å². The fourth-order valence-corrected chi connectivity index (χ4v) is 3.86. The second-order valence-corrected chi connectivity index (χ2v) is 7.36. The topological polar surface area (TPSA) is 106 Å². The Morgan fingerprint density at radius 1 is 1.25 bits per heavy atom. The van der Waals surface area contributed by atoms with E-state index in [2.05, 4.69) is 15.6 Å². The largest absolute Gasteiger partial charge is 0.490 e. The highest BCUT2D eigenvalue weighted by Gasteiger charge is 2.19. The van der Waals surface area contributed by atoms with Crippen molar-refractivity contribution in [2.45, 2.75) is 13.8 Å². The molecule has 0 aliphatic heterocycles. The Bertz CT molecular complexity index is 1070. The van der Waals surface area contributed by atoms with Crippen molar-refractivity contribution in [1.82, 2.24) is 10.3 Å². The Labute approximate surface area is 169 Å². The van der Waals surface area contributed by atoms with E-state index in [0.717, 1.165) is 27.4 Å². The summed E-state index contributed by atoms with van der Waals surface area (Å²) in [5.74, 6) is -0.501. The maximum atomic E-state index is 12.4. The van der Waals surface area contributed by atoms with E-state index in [1.165, 1.54) is 30.6 Å². The van der Waals surface area contributed by atoms with E-state index in [4.69, 9.17) is 17.0 Å². The highest BCUT2D eigenvalue weighted by Crippen LogP contribution is 2.31. The van der Waals surface area contributed by atoms with Crippen LogP contribution in [-0.4, -0.2) is 28.0 Å². The van der Waals surface area contributed by atoms with Crippen LogP contribution in [0.5, 0.6) is 5.75 Å². The highest BCUT2D eigenvalue weighted by molar-refractivity contribution is 7.80. The van der Waals surface area contributed by atoms with E-state index in [0.29, 0.717) is 5.13 Å². The number of nitrogens with zero attached hydrogens (tertiary/aromatic N) is 2. The molecule has 2 N–H and O–H groups in total. The summed E-state index contributed by atoms with van der Waals surface area (Å²) in [7, 11) is 1.32. The van der Waals surface area contributed by atoms with E-state index in [1.807, 2.05) is 26.0 Å². The lowest BCUT2D eigenvalue weighted by Crippen LogP contribution is -2.34. The number of ether oxygens (including phenoxy) is 1. The zero-order chi connectivity index (χ0) is 20.4. The number of anilines is 1. The molecule has 2 aromatic carbocycles. The number of methoxy groups -OCH3 is 1. The van der Waals surface area contributed by atoms with Crippen molar-refractivity contribution in [2.24, 2.45) is 0 Å². The van der Waals surface area contributed by atoms with Gasteiger partial charge >= 0.3 is 5.69 Å². The molecule has 0 unspecified atom stereocenters. The van der Waals surface area contributed by atoms with Gasteiger partial charge in [-0.3, -0.25) is 20.2 Å². The Hall–Kier alpha value is -3.11. The summed E-state index contributed by atoms with van der Waals surface area (Å²) in [6.45, 7) is 3.97. The molecule has 0 fully saturated rings. The number of hydrogen-bond acceptors (Lipinski definition) is 7. The molecule has 0 saturated carbocycles. The lowest BCUT2D eigenvalue weighted by molar-refractivity contribution is -0.385. The molecule has 0 atom stereocenters. The summed E-state index contributed by atoms with van der Waals surface area (Å²) in [5.41, 5.74) is 2.82. The SMILES string of the molecule is COc1ccc(C(=O)NC(=S)Nc2nc3c(C)ccc(C)c3s2)cc1[N+](=O)[O-]. The minimum atomic E-state index is -0.613. The van der Waals surface area contributed by atoms with Gasteiger partial charge in [0.2, 0.25) is 0 Å². The van der Waals surface area contributed by atoms with Crippen molar-refractivity contribution in [3.63, 3.8) is 0 Å². The number of carbonyl (C=O) groups is 1. The lowest BCUT2D eigenvalue weighted by Gasteiger charge is -2.08. The van der Waals surface area contributed by atoms with Gasteiger partial charge in [-0.1, -0.05) is 23.5 Å². The van der Waals surface area contributed by atoms with Crippen molar-refractivity contribution >= 4 is 55.6 Å². The Kier molecular flexibility index (Phi) is 5.52. The average molecular weight is 416 g/mol. The minimum absolute atomic E-state index is 0.0535. The van der Waals surface area contributed by atoms with Crippen molar-refractivity contribution in [2.75, 3.05) is 12.4 Å². The first-order valence-electron chi connectivity index (χ1n) is 8.11. The number of carbonyl (C=O) groups excluding carboxylic acids is 1. The molecule has 3 rings (SSSR count). The fourth-order valence-electron chi connectivity index (χ4n) is 2.59. The van der Waals surface area contributed by atoms with Crippen LogP contribution in [0.15, 0.2) is 30.3 Å². The monoisotopic (exact) mass is 416 g/mol. The van der Waals surface area contributed by atoms with Crippen molar-refractivity contribution < 1.29 is 14.5 Å². The maximum absolute atomic E-state index is 12.4. The van der Waals surface area contributed by atoms with Crippen LogP contribution < -0.4 is 15.4 Å². The van der Waals surface area contributed by atoms with Gasteiger partial charge in [-0.25, -0.2) is 4.98 Å². The first kappa shape index (κ1) is 19.6. The molecule has 0 radical (unpaired) electrons. The molecule has 0 bridgehead atoms. The van der Waals surface area contributed by atoms with Gasteiger partial charge < -0.3 is 10.1 Å². The van der Waals surface area contributed by atoms with Gasteiger partial charge in [0.1, 0.15) is 0 Å². The molecule has 0 spiro atoms. The summed E-state index contributed by atoms with van der Waals surface area (Å²) in [6.07, 6.45) is 0. The van der Waals surface area contributed by atoms with E-state index >= 15 is 0 Å². The summed E-state index contributed by atoms with van der Waals surface area (Å²) in [5, 5.41) is 17.1. The molecule has 28 heavy (non-hydrogen) atoms. The van der Waals surface area contributed by atoms with E-state index in [1.54, 1.807) is 0 Å². The zero-order valence-corrected chi connectivity index (χ0v) is 16.9. The number of thiocarbonyl (C=S) groups is 1. The van der Waals surface area contributed by atoms with Crippen LogP contribution >= 0.6 is 23.6 Å². The third kappa shape index (κ3) is 3.92. The fraction of sp³-hybridized carbons (Fsp3) is 0.167. The number of amides is 1. The first-order valence-corrected chi connectivity index (χ1v) is 9.34. The molecule has 1 heterocycles. The quantitative estimate of drug-likeness (QED) is 0.377. The van der Waals surface area contributed by atoms with Crippen LogP contribution in [-0.2, 0) is 0 Å². The molecule has 10 heteroatoms. The van der Waals surface area contributed by atoms with Gasteiger partial charge in [-0.05, 0) is 49.3 Å². The van der Waals surface area contributed by atoms with Gasteiger partial charge in [-0.2, -0.15) is 0 Å². The van der Waals surface area contributed by atoms with E-state index < -0.39 is 10.8 Å². The molecule has 0 aliphatic rings. The number of aromatic nitrogens is 1. The summed E-state index contributed by atoms with van der Waals surface area (Å²) in [4.78, 5) is 27.4. The van der Waals surface area contributed by atoms with Crippen LogP contribution in [0.25, 0.3) is 10.2 Å². The number of fused-ring (bicyclic) bond motifs is 1. The average Bonchev–Trinajstić information content (AvgIpc) is 3.09. The molecule has 0 aliphatic carbocycles. The predicted octanol–water partition coefficient (Wildman–Crippen LogP) is 3.96. The van der Waals surface area contributed by atoms with Crippen LogP contribution in [0.4, 0.5) is 10.8 Å². The molecule has 3 aromatic rings. The number of hydrogen-bond donors (Lipinski definition) is 2. The number of nitro groups is 1. The van der Waals surface area contributed by atoms with E-state index in [-0.39, 0.29) is 22.1 Å². The number of rotatable bonds is 4. The molecule has 144 valence electrons. The van der Waals surface area contributed by atoms with Crippen LogP contribution in [0, 0.1) is 24.0 Å². The van der Waals surface area contributed by atoms with Gasteiger partial charge in [0.25, 0.3) is 5.91 Å². The number of benzene rings is 2. The zero-order valence-electron chi connectivity index (χ0n) is 15.2. The normalized spacial score (nSPS) is 10.5. The first-order chi connectivity index (χ1) is 13.3. The predicted molar refractivity (Wildman–Crippen MR) is 112 cm³/mol. The maximum Gasteiger partial charge on any atom is 0.311 e. The molecular weight excluding hydrogens is 400 g/mol. The van der Waals surface area contributed by atoms with Gasteiger partial charge in [0, 0.05) is 11.6 Å². The molecule has 1 aromatic heterocycles. The molecular formula is C18H16N4O4S2. The molecule has 1 amide bonds. The second kappa shape index (κ2) is 7.87. The van der Waals surface area contributed by atoms with Crippen LogP contribution in [0.1, 0.15) is 21.5 Å². The van der Waals surface area contributed by atoms with Crippen LogP contribution in [0.2, 0.25) is 0 Å². The highest BCUT2D eigenvalue weighted by atomic mass is 32.1. The summed E-state index contributed by atoms with van der Waals surface area (Å²) < 4.78 is 5.98. The number of nitro benzene ring substituents is 1. The van der Waals surface area contributed by atoms with Crippen molar-refractivity contribution in [3.05, 3.63) is 57.1 Å². The van der Waals surface area contributed by atoms with E-state index in [9.17, 15) is 14.9 Å². The van der Waals surface area contributed by atoms with Gasteiger partial charge in [0.05, 0.1) is 22.2 Å². The van der Waals surface area contributed by atoms with Crippen LogP contribution in [0.3, 0.4) is 0 Å². The standard InChI is InChI=1S/C18H16N4O4S2/c1-9-4-5-10(2)15-14(9)19-18(28-15)21-17(27)20-16(23)11-6-7-13(26-3)12(8-11)22(24)25/h4-8H,1-3H3,(H2,19,20,21,23,27). The van der Waals surface area contributed by atoms with Crippen molar-refractivity contribution in [1.29, 1.82) is 0 Å². The molecule has 0 saturated heterocycles. The summed E-state index contributed by atoms with van der Waals surface area (Å²) >= 11 is 6.61. The Balaban J connectivity index is 1.76. The summed E-state index contributed by atoms with van der Waals surface area (Å²) in [6, 6.07) is 7.95. The Morgan fingerprint density at radius 2 is 1.96 bits per heavy atom. The van der Waals surface area contributed by atoms with Gasteiger partial charge in [0.15, 0.2) is 16.0 Å². The third-order valence-corrected chi connectivity index (χ3v) is 5.34. The second-order valence-electron chi connectivity index (χ2n) is 5.95. The smallest absolute Gasteiger partial charge is 0.311 e. The lowest BCUT2D eigenvalue weighted by atomic mass is 10.1. The minimum Gasteiger partial charge on any atom is -0.490 e. The number of thiazole rings is 1. The van der Waals surface area contributed by atoms with Crippen molar-refractivity contribution in [3.8, 4) is 5.75 Å². The number of aryl methyl sites for hydroxylation is 2.